The van der Waals surface area contributed by atoms with Crippen LogP contribution in [0.1, 0.15) is 12.8 Å². The van der Waals surface area contributed by atoms with Gasteiger partial charge in [0.1, 0.15) is 17.1 Å². The van der Waals surface area contributed by atoms with Gasteiger partial charge >= 0.3 is 0 Å². The van der Waals surface area contributed by atoms with Crippen molar-refractivity contribution in [2.24, 2.45) is 0 Å². The number of ether oxygens (including phenoxy) is 1. The lowest BCUT2D eigenvalue weighted by Crippen LogP contribution is -2.13. The van der Waals surface area contributed by atoms with Gasteiger partial charge in [0.2, 0.25) is 0 Å². The molecule has 0 atom stereocenters. The van der Waals surface area contributed by atoms with Gasteiger partial charge in [0, 0.05) is 17.7 Å². The predicted octanol–water partition coefficient (Wildman–Crippen LogP) is 4.18. The van der Waals surface area contributed by atoms with E-state index in [0.717, 1.165) is 30.7 Å². The Labute approximate surface area is 147 Å². The summed E-state index contributed by atoms with van der Waals surface area (Å²) in [5.41, 5.74) is 1.39. The van der Waals surface area contributed by atoms with Crippen molar-refractivity contribution in [3.63, 3.8) is 0 Å². The van der Waals surface area contributed by atoms with Gasteiger partial charge in [0.05, 0.1) is 12.0 Å². The number of hydrogen-bond acceptors (Lipinski definition) is 4. The zero-order chi connectivity index (χ0) is 17.6. The summed E-state index contributed by atoms with van der Waals surface area (Å²) in [5.74, 6) is 1.30. The fourth-order valence-electron chi connectivity index (χ4n) is 2.69. The van der Waals surface area contributed by atoms with Crippen LogP contribution in [0.3, 0.4) is 0 Å². The maximum absolute atomic E-state index is 12.3. The second kappa shape index (κ2) is 7.99. The minimum Gasteiger partial charge on any atom is -0.493 e. The number of nitrogens with zero attached hydrogens (tertiary/aromatic N) is 1. The van der Waals surface area contributed by atoms with Crippen LogP contribution in [0.5, 0.6) is 5.75 Å². The molecule has 0 saturated carbocycles. The lowest BCUT2D eigenvalue weighted by molar-refractivity contribution is 0.293. The van der Waals surface area contributed by atoms with Gasteiger partial charge in [-0.1, -0.05) is 30.3 Å². The van der Waals surface area contributed by atoms with E-state index in [2.05, 4.69) is 19.0 Å². The minimum absolute atomic E-state index is 0.0439. The first-order valence-electron chi connectivity index (χ1n) is 8.54. The standard InChI is InChI=1S/C21H23NO3/c1-22(2)12-6-7-13-24-17-10-11-18-19(23)15-20(25-21(18)14-17)16-8-4-3-5-9-16/h3-5,8-11,14-15H,6-7,12-13H2,1-2H3. The zero-order valence-electron chi connectivity index (χ0n) is 14.7. The van der Waals surface area contributed by atoms with Crippen LogP contribution < -0.4 is 10.2 Å². The summed E-state index contributed by atoms with van der Waals surface area (Å²) in [4.78, 5) is 14.5. The molecule has 25 heavy (non-hydrogen) atoms. The van der Waals surface area contributed by atoms with Crippen molar-refractivity contribution >= 4 is 11.0 Å². The van der Waals surface area contributed by atoms with E-state index in [0.29, 0.717) is 23.3 Å². The number of unbranched alkanes of at least 4 members (excludes halogenated alkanes) is 1. The first-order chi connectivity index (χ1) is 12.1. The third-order valence-electron chi connectivity index (χ3n) is 4.03. The summed E-state index contributed by atoms with van der Waals surface area (Å²) in [7, 11) is 4.13. The summed E-state index contributed by atoms with van der Waals surface area (Å²) in [6.45, 7) is 1.71. The van der Waals surface area contributed by atoms with E-state index < -0.39 is 0 Å². The predicted molar refractivity (Wildman–Crippen MR) is 101 cm³/mol. The SMILES string of the molecule is CN(C)CCCCOc1ccc2c(=O)cc(-c3ccccc3)oc2c1. The molecule has 0 radical (unpaired) electrons. The Morgan fingerprint density at radius 1 is 1.00 bits per heavy atom. The van der Waals surface area contributed by atoms with Gasteiger partial charge in [0.15, 0.2) is 5.43 Å². The minimum atomic E-state index is -0.0439. The molecule has 4 heteroatoms. The van der Waals surface area contributed by atoms with E-state index in [1.165, 1.54) is 0 Å². The van der Waals surface area contributed by atoms with Crippen LogP contribution in [0.25, 0.3) is 22.3 Å². The van der Waals surface area contributed by atoms with Gasteiger partial charge in [-0.25, -0.2) is 0 Å². The van der Waals surface area contributed by atoms with Crippen molar-refractivity contribution in [2.45, 2.75) is 12.8 Å². The van der Waals surface area contributed by atoms with Crippen LogP contribution in [0.4, 0.5) is 0 Å². The fraction of sp³-hybridized carbons (Fsp3) is 0.286. The molecule has 0 unspecified atom stereocenters. The topological polar surface area (TPSA) is 42.7 Å². The van der Waals surface area contributed by atoms with Crippen LogP contribution in [0.15, 0.2) is 63.8 Å². The Balaban J connectivity index is 1.78. The zero-order valence-corrected chi connectivity index (χ0v) is 14.7. The Hall–Kier alpha value is -2.59. The van der Waals surface area contributed by atoms with Gasteiger partial charge < -0.3 is 14.1 Å². The number of benzene rings is 2. The van der Waals surface area contributed by atoms with Gasteiger partial charge in [0.25, 0.3) is 0 Å². The molecular formula is C21H23NO3. The Kier molecular flexibility index (Phi) is 5.51. The van der Waals surface area contributed by atoms with E-state index in [1.807, 2.05) is 36.4 Å². The first kappa shape index (κ1) is 17.2. The van der Waals surface area contributed by atoms with Gasteiger partial charge in [-0.05, 0) is 45.6 Å². The van der Waals surface area contributed by atoms with Crippen molar-refractivity contribution in [3.05, 3.63) is 64.8 Å². The number of fused-ring (bicyclic) bond motifs is 1. The molecule has 0 fully saturated rings. The normalized spacial score (nSPS) is 11.2. The monoisotopic (exact) mass is 337 g/mol. The summed E-state index contributed by atoms with van der Waals surface area (Å²) in [6, 6.07) is 16.6. The van der Waals surface area contributed by atoms with E-state index in [4.69, 9.17) is 9.15 Å². The molecule has 0 saturated heterocycles. The molecule has 3 aromatic rings. The molecule has 130 valence electrons. The van der Waals surface area contributed by atoms with Crippen LogP contribution in [-0.2, 0) is 0 Å². The molecule has 3 rings (SSSR count). The molecule has 1 heterocycles. The van der Waals surface area contributed by atoms with Crippen molar-refractivity contribution in [3.8, 4) is 17.1 Å². The maximum Gasteiger partial charge on any atom is 0.193 e. The van der Waals surface area contributed by atoms with E-state index >= 15 is 0 Å². The molecule has 0 aliphatic heterocycles. The summed E-state index contributed by atoms with van der Waals surface area (Å²) < 4.78 is 11.7. The van der Waals surface area contributed by atoms with Crippen molar-refractivity contribution < 1.29 is 9.15 Å². The second-order valence-corrected chi connectivity index (χ2v) is 6.36. The van der Waals surface area contributed by atoms with Crippen LogP contribution in [-0.4, -0.2) is 32.1 Å². The number of rotatable bonds is 7. The molecule has 4 nitrogen and oxygen atoms in total. The third-order valence-corrected chi connectivity index (χ3v) is 4.03. The van der Waals surface area contributed by atoms with Crippen molar-refractivity contribution in [1.82, 2.24) is 4.90 Å². The maximum atomic E-state index is 12.3. The highest BCUT2D eigenvalue weighted by Gasteiger charge is 2.08. The smallest absolute Gasteiger partial charge is 0.193 e. The highest BCUT2D eigenvalue weighted by Crippen LogP contribution is 2.24. The molecule has 0 amide bonds. The average molecular weight is 337 g/mol. The van der Waals surface area contributed by atoms with E-state index in [9.17, 15) is 4.79 Å². The number of hydrogen-bond donors (Lipinski definition) is 0. The average Bonchev–Trinajstić information content (AvgIpc) is 2.61. The molecule has 0 bridgehead atoms. The van der Waals surface area contributed by atoms with Crippen molar-refractivity contribution in [2.75, 3.05) is 27.2 Å². The molecule has 0 N–H and O–H groups in total. The molecule has 0 aliphatic rings. The summed E-state index contributed by atoms with van der Waals surface area (Å²) >= 11 is 0. The third kappa shape index (κ3) is 4.48. The lowest BCUT2D eigenvalue weighted by atomic mass is 10.1. The summed E-state index contributed by atoms with van der Waals surface area (Å²) in [5, 5.41) is 0.569. The summed E-state index contributed by atoms with van der Waals surface area (Å²) in [6.07, 6.45) is 2.08. The molecule has 2 aromatic carbocycles. The molecule has 0 aliphatic carbocycles. The quantitative estimate of drug-likeness (QED) is 0.607. The molecule has 0 spiro atoms. The van der Waals surface area contributed by atoms with E-state index in [-0.39, 0.29) is 5.43 Å². The largest absolute Gasteiger partial charge is 0.493 e. The molecular weight excluding hydrogens is 314 g/mol. The lowest BCUT2D eigenvalue weighted by Gasteiger charge is -2.10. The Morgan fingerprint density at radius 3 is 2.56 bits per heavy atom. The fourth-order valence-corrected chi connectivity index (χ4v) is 2.69. The first-order valence-corrected chi connectivity index (χ1v) is 8.54. The van der Waals surface area contributed by atoms with Gasteiger partial charge in [-0.3, -0.25) is 4.79 Å². The van der Waals surface area contributed by atoms with Crippen LogP contribution in [0, 0.1) is 0 Å². The highest BCUT2D eigenvalue weighted by atomic mass is 16.5. The van der Waals surface area contributed by atoms with E-state index in [1.54, 1.807) is 18.2 Å². The van der Waals surface area contributed by atoms with Gasteiger partial charge in [-0.15, -0.1) is 0 Å². The van der Waals surface area contributed by atoms with Gasteiger partial charge in [-0.2, -0.15) is 0 Å². The molecule has 1 aromatic heterocycles. The second-order valence-electron chi connectivity index (χ2n) is 6.36. The Morgan fingerprint density at radius 2 is 1.80 bits per heavy atom. The van der Waals surface area contributed by atoms with Crippen LogP contribution >= 0.6 is 0 Å². The highest BCUT2D eigenvalue weighted by molar-refractivity contribution is 5.80. The Bertz CT molecular complexity index is 885. The van der Waals surface area contributed by atoms with Crippen LogP contribution in [0.2, 0.25) is 0 Å². The van der Waals surface area contributed by atoms with Crippen molar-refractivity contribution in [1.29, 1.82) is 0 Å².